The maximum absolute atomic E-state index is 16.0. The van der Waals surface area contributed by atoms with Crippen LogP contribution in [0.2, 0.25) is 0 Å². The smallest absolute Gasteiger partial charge is 0.456 e. The first-order valence-electron chi connectivity index (χ1n) is 25.3. The Kier molecular flexibility index (Phi) is 16.9. The van der Waals surface area contributed by atoms with Gasteiger partial charge in [0.25, 0.3) is 5.91 Å². The number of aliphatic hydroxyl groups is 2. The predicted octanol–water partition coefficient (Wildman–Crippen LogP) is 7.82. The molecule has 3 aromatic rings. The number of esters is 4. The van der Waals surface area contributed by atoms with Gasteiger partial charge in [-0.2, -0.15) is 0 Å². The third-order valence-corrected chi connectivity index (χ3v) is 19.0. The number of carbonyl (C=O) groups excluding carboxylic acids is 7. The molecule has 5 aliphatic rings. The molecule has 0 radical (unpaired) electrons. The van der Waals surface area contributed by atoms with Gasteiger partial charge in [0.15, 0.2) is 11.7 Å². The number of rotatable bonds is 17. The lowest BCUT2D eigenvalue weighted by molar-refractivity contribution is -0.345. The number of hydrogen-bond acceptors (Lipinski definition) is 18. The Bertz CT molecular complexity index is 2650. The molecule has 2 saturated carbocycles. The zero-order valence-electron chi connectivity index (χ0n) is 42.9. The lowest BCUT2D eigenvalue weighted by atomic mass is 9.43. The van der Waals surface area contributed by atoms with Crippen LogP contribution in [0.15, 0.2) is 102 Å². The van der Waals surface area contributed by atoms with Gasteiger partial charge in [-0.1, -0.05) is 116 Å². The Labute approximate surface area is 443 Å². The lowest BCUT2D eigenvalue weighted by Gasteiger charge is -2.67. The molecule has 0 spiro atoms. The maximum atomic E-state index is 16.0. The molecule has 2 saturated heterocycles. The number of hydrogen-bond donors (Lipinski definition) is 3. The fraction of sp³-hybridized carbons (Fsp3) is 0.518. The van der Waals surface area contributed by atoms with E-state index in [-0.39, 0.29) is 30.6 Å². The number of aliphatic hydroxyl groups excluding tert-OH is 1. The molecule has 0 aromatic heterocycles. The van der Waals surface area contributed by atoms with Crippen molar-refractivity contribution in [3.05, 3.63) is 119 Å². The summed E-state index contributed by atoms with van der Waals surface area (Å²) in [5, 5.41) is 29.2. The Balaban J connectivity index is 1.15. The summed E-state index contributed by atoms with van der Waals surface area (Å²) >= 11 is 0. The summed E-state index contributed by atoms with van der Waals surface area (Å²) in [4.78, 5) is 98.3. The molecule has 3 aliphatic carbocycles. The predicted molar refractivity (Wildman–Crippen MR) is 275 cm³/mol. The molecule has 1 amide bonds. The standard InChI is InChI=1S/C56H65NO16S2/c1-32-39(70-51(64)45(60)44(35-18-10-7-11-19-35)57-49(62)36-20-12-8-13-21-36)29-56(66)48(72-50(63)37-22-14-9-15-23-37)46-54(6,47(61)33(2)43(32)53(56,4)5)40(28-41-55(46,30-67-41)73-34(3)58)71-52(65)69-31-68-42(59)25-17-16-24-38-26-27-74-75-38/h7-15,18-23,33,38-41,44-46,48,60,66H,16-17,24-31H2,1-6H3,(H,57,62)/t33-,38?,39?,40+,41?,44+,45-,46+,48+,54-,55+,56-/m1/s1. The van der Waals surface area contributed by atoms with Gasteiger partial charge in [-0.3, -0.25) is 19.2 Å². The number of benzene rings is 3. The molecule has 8 rings (SSSR count). The molecule has 3 aromatic carbocycles. The Hall–Kier alpha value is -5.73. The number of ketones is 1. The van der Waals surface area contributed by atoms with E-state index in [1.807, 2.05) is 21.6 Å². The number of carbonyl (C=O) groups is 7. The highest BCUT2D eigenvalue weighted by atomic mass is 33.1. The van der Waals surface area contributed by atoms with Gasteiger partial charge in [-0.25, -0.2) is 14.4 Å². The second kappa shape index (κ2) is 22.9. The molecular formula is C56H65NO16S2. The third-order valence-electron chi connectivity index (χ3n) is 16.0. The molecule has 12 atom stereocenters. The molecule has 19 heteroatoms. The Morgan fingerprint density at radius 3 is 2.13 bits per heavy atom. The molecule has 3 unspecified atom stereocenters. The van der Waals surface area contributed by atoms with Gasteiger partial charge >= 0.3 is 30.0 Å². The lowest BCUT2D eigenvalue weighted by Crippen LogP contribution is -2.81. The van der Waals surface area contributed by atoms with Crippen LogP contribution < -0.4 is 5.32 Å². The van der Waals surface area contributed by atoms with Crippen molar-refractivity contribution in [3.8, 4) is 0 Å². The van der Waals surface area contributed by atoms with E-state index in [9.17, 15) is 39.0 Å². The molecule has 2 aliphatic heterocycles. The first-order chi connectivity index (χ1) is 35.7. The normalized spacial score (nSPS) is 30.3. The van der Waals surface area contributed by atoms with E-state index in [1.54, 1.807) is 107 Å². The molecule has 2 heterocycles. The summed E-state index contributed by atoms with van der Waals surface area (Å²) in [6.07, 6.45) is -6.11. The van der Waals surface area contributed by atoms with Crippen molar-refractivity contribution in [1.82, 2.24) is 5.32 Å². The Morgan fingerprint density at radius 1 is 0.867 bits per heavy atom. The van der Waals surface area contributed by atoms with E-state index in [0.717, 1.165) is 25.0 Å². The molecule has 2 bridgehead atoms. The zero-order valence-corrected chi connectivity index (χ0v) is 44.5. The van der Waals surface area contributed by atoms with Gasteiger partial charge < -0.3 is 48.7 Å². The van der Waals surface area contributed by atoms with Crippen LogP contribution in [-0.2, 0) is 52.3 Å². The summed E-state index contributed by atoms with van der Waals surface area (Å²) in [6.45, 7) is 8.18. The van der Waals surface area contributed by atoms with E-state index in [2.05, 4.69) is 5.32 Å². The van der Waals surface area contributed by atoms with E-state index in [4.69, 9.17) is 33.2 Å². The maximum Gasteiger partial charge on any atom is 0.511 e. The molecule has 402 valence electrons. The monoisotopic (exact) mass is 1070 g/mol. The number of amides is 1. The number of nitrogens with one attached hydrogen (secondary N) is 1. The van der Waals surface area contributed by atoms with Gasteiger partial charge in [0.2, 0.25) is 6.79 Å². The second-order valence-electron chi connectivity index (χ2n) is 20.8. The highest BCUT2D eigenvalue weighted by Gasteiger charge is 2.78. The van der Waals surface area contributed by atoms with Crippen LogP contribution in [0.5, 0.6) is 0 Å². The third kappa shape index (κ3) is 11.0. The van der Waals surface area contributed by atoms with Crippen molar-refractivity contribution in [2.24, 2.45) is 22.7 Å². The van der Waals surface area contributed by atoms with Gasteiger partial charge in [0.05, 0.1) is 29.5 Å². The molecule has 17 nitrogen and oxygen atoms in total. The van der Waals surface area contributed by atoms with Crippen molar-refractivity contribution >= 4 is 63.3 Å². The number of fused-ring (bicyclic) bond motifs is 5. The summed E-state index contributed by atoms with van der Waals surface area (Å²) in [5.74, 6) is -6.21. The number of Topliss-reactive ketones (excluding diaryl/α,β-unsaturated/α-hetero) is 1. The SMILES string of the molecule is CC(=O)O[C@@]12COC1C[C@H](OC(=O)OCOC(=O)CCCCC1CCSS1)[C@@]1(C)C(=O)[C@H](C)C3=C(C)C(OC(=O)[C@H](O)[C@@H](NC(=O)c4ccccc4)c4ccccc4)C[C@@](O)([C@@H](OC(=O)c4ccccc4)[C@@H]12)C3(C)C. The van der Waals surface area contributed by atoms with Gasteiger partial charge in [0.1, 0.15) is 35.8 Å². The average Bonchev–Trinajstić information content (AvgIpc) is 3.92. The number of ether oxygens (including phenoxy) is 7. The van der Waals surface area contributed by atoms with Gasteiger partial charge in [-0.05, 0) is 74.1 Å². The van der Waals surface area contributed by atoms with Crippen LogP contribution in [0.4, 0.5) is 4.79 Å². The van der Waals surface area contributed by atoms with Crippen molar-refractivity contribution in [2.45, 2.75) is 140 Å². The van der Waals surface area contributed by atoms with Crippen molar-refractivity contribution in [1.29, 1.82) is 0 Å². The first-order valence-corrected chi connectivity index (χ1v) is 27.7. The molecule has 4 fully saturated rings. The second-order valence-corrected chi connectivity index (χ2v) is 23.6. The number of unbranched alkanes of at least 4 members (excludes halogenated alkanes) is 1. The Morgan fingerprint density at radius 2 is 1.52 bits per heavy atom. The summed E-state index contributed by atoms with van der Waals surface area (Å²) in [5.41, 5.74) is -6.23. The van der Waals surface area contributed by atoms with Crippen LogP contribution in [0.25, 0.3) is 0 Å². The zero-order chi connectivity index (χ0) is 53.9. The van der Waals surface area contributed by atoms with E-state index >= 15 is 4.79 Å². The van der Waals surface area contributed by atoms with Gasteiger partial charge in [-0.15, -0.1) is 0 Å². The van der Waals surface area contributed by atoms with Crippen LogP contribution >= 0.6 is 21.6 Å². The molecule has 3 N–H and O–H groups in total. The van der Waals surface area contributed by atoms with Crippen molar-refractivity contribution in [2.75, 3.05) is 19.2 Å². The van der Waals surface area contributed by atoms with E-state index in [1.165, 1.54) is 26.0 Å². The summed E-state index contributed by atoms with van der Waals surface area (Å²) in [7, 11) is 3.71. The van der Waals surface area contributed by atoms with Crippen LogP contribution in [-0.4, -0.2) is 118 Å². The topological polar surface area (TPSA) is 237 Å². The van der Waals surface area contributed by atoms with E-state index in [0.29, 0.717) is 28.4 Å². The minimum Gasteiger partial charge on any atom is -0.456 e. The summed E-state index contributed by atoms with van der Waals surface area (Å²) in [6, 6.07) is 23.2. The average molecular weight is 1070 g/mol. The van der Waals surface area contributed by atoms with Crippen LogP contribution in [0.1, 0.15) is 119 Å². The fourth-order valence-corrected chi connectivity index (χ4v) is 15.2. The highest BCUT2D eigenvalue weighted by molar-refractivity contribution is 8.77. The van der Waals surface area contributed by atoms with E-state index < -0.39 is 125 Å². The summed E-state index contributed by atoms with van der Waals surface area (Å²) < 4.78 is 41.6. The fourth-order valence-electron chi connectivity index (χ4n) is 12.2. The van der Waals surface area contributed by atoms with Crippen LogP contribution in [0, 0.1) is 22.7 Å². The minimum atomic E-state index is -2.33. The van der Waals surface area contributed by atoms with Gasteiger partial charge in [0, 0.05) is 54.1 Å². The highest BCUT2D eigenvalue weighted by Crippen LogP contribution is 2.65. The van der Waals surface area contributed by atoms with Crippen LogP contribution in [0.3, 0.4) is 0 Å². The first kappa shape index (κ1) is 55.5. The molecular weight excluding hydrogens is 1010 g/mol. The quantitative estimate of drug-likeness (QED) is 0.0292. The molecule has 75 heavy (non-hydrogen) atoms. The van der Waals surface area contributed by atoms with Crippen molar-refractivity contribution in [3.63, 3.8) is 0 Å². The minimum absolute atomic E-state index is 0.0670. The van der Waals surface area contributed by atoms with Crippen molar-refractivity contribution < 1.29 is 76.9 Å². The largest absolute Gasteiger partial charge is 0.511 e.